The van der Waals surface area contributed by atoms with E-state index >= 15 is 0 Å². The number of carbonyl (C=O) groups excluding carboxylic acids is 2. The second-order valence-corrected chi connectivity index (χ2v) is 34.4. The Morgan fingerprint density at radius 1 is 0.686 bits per heavy atom. The number of benzene rings is 4. The molecule has 2 atom stereocenters. The molecule has 0 aliphatic carbocycles. The van der Waals surface area contributed by atoms with Crippen LogP contribution in [0.5, 0.6) is 11.5 Å². The lowest BCUT2D eigenvalue weighted by Crippen LogP contribution is -2.57. The summed E-state index contributed by atoms with van der Waals surface area (Å²) >= 11 is 3.56. The molecular formula is C54H72BrN7O6Si2. The zero-order valence-electron chi connectivity index (χ0n) is 43.1. The van der Waals surface area contributed by atoms with Gasteiger partial charge in [-0.2, -0.15) is 10.2 Å². The molecule has 9 rings (SSSR count). The Hall–Kier alpha value is -4.85. The van der Waals surface area contributed by atoms with Gasteiger partial charge in [-0.25, -0.2) is 10.0 Å². The third-order valence-corrected chi connectivity index (χ3v) is 18.0. The molecule has 13 nitrogen and oxygen atoms in total. The lowest BCUT2D eigenvalue weighted by Gasteiger charge is -2.52. The van der Waals surface area contributed by atoms with Crippen molar-refractivity contribution >= 4 is 66.9 Å². The first-order valence-corrected chi connectivity index (χ1v) is 32.9. The first-order chi connectivity index (χ1) is 33.2. The highest BCUT2D eigenvalue weighted by Crippen LogP contribution is 2.45. The van der Waals surface area contributed by atoms with Crippen LogP contribution in [-0.2, 0) is 25.5 Å². The maximum atomic E-state index is 13.4. The van der Waals surface area contributed by atoms with Gasteiger partial charge >= 0.3 is 0 Å². The van der Waals surface area contributed by atoms with Crippen LogP contribution in [0.3, 0.4) is 0 Å². The zero-order valence-corrected chi connectivity index (χ0v) is 46.6. The summed E-state index contributed by atoms with van der Waals surface area (Å²) in [5, 5.41) is 12.1. The topological polar surface area (TPSA) is 112 Å². The number of hydrazone groups is 2. The number of hydrogen-bond acceptors (Lipinski definition) is 11. The van der Waals surface area contributed by atoms with E-state index in [1.165, 1.54) is 32.3 Å². The van der Waals surface area contributed by atoms with Crippen molar-refractivity contribution in [1.29, 1.82) is 0 Å². The van der Waals surface area contributed by atoms with Crippen molar-refractivity contribution in [3.8, 4) is 11.5 Å². The molecule has 5 aliphatic heterocycles. The van der Waals surface area contributed by atoms with Crippen molar-refractivity contribution in [2.24, 2.45) is 15.6 Å². The highest BCUT2D eigenvalue weighted by molar-refractivity contribution is 9.10. The lowest BCUT2D eigenvalue weighted by molar-refractivity contribution is -0.139. The van der Waals surface area contributed by atoms with Crippen LogP contribution in [0.25, 0.3) is 0 Å². The Balaban J connectivity index is 0.000000216. The van der Waals surface area contributed by atoms with Crippen molar-refractivity contribution in [3.63, 3.8) is 0 Å². The second kappa shape index (κ2) is 21.1. The monoisotopic (exact) mass is 1050 g/mol. The van der Waals surface area contributed by atoms with Crippen LogP contribution in [0.15, 0.2) is 99.6 Å². The minimum atomic E-state index is -1.20. The van der Waals surface area contributed by atoms with Gasteiger partial charge in [0, 0.05) is 46.9 Å². The number of rotatable bonds is 15. The van der Waals surface area contributed by atoms with Crippen LogP contribution in [-0.4, -0.2) is 120 Å². The van der Waals surface area contributed by atoms with E-state index in [1.54, 1.807) is 0 Å². The van der Waals surface area contributed by atoms with Gasteiger partial charge in [0.1, 0.15) is 50.3 Å². The summed E-state index contributed by atoms with van der Waals surface area (Å²) in [6.45, 7) is 28.7. The van der Waals surface area contributed by atoms with E-state index in [9.17, 15) is 9.59 Å². The maximum Gasteiger partial charge on any atom is 0.267 e. The minimum absolute atomic E-state index is 0.0498. The molecule has 16 heteroatoms. The average Bonchev–Trinajstić information content (AvgIpc) is 3.30. The number of amides is 2. The van der Waals surface area contributed by atoms with Crippen molar-refractivity contribution in [1.82, 2.24) is 14.9 Å². The molecule has 4 aromatic carbocycles. The molecule has 0 aromatic heterocycles. The molecule has 0 saturated carbocycles. The quantitative estimate of drug-likeness (QED) is 0.0849. The molecule has 0 spiro atoms. The fourth-order valence-corrected chi connectivity index (χ4v) is 11.6. The standard InChI is InChI=1S/C36H46N4O3Si.C18H26BrN3O3Si/c1-26-19-32-31(40-27(2)35(41)39(37-33(40)22-43-32)25-42-17-18-44(4,5)6)20-30(26)21-36(3)23-38(24-36)34(28-13-9-7-10-14-28)29-15-11-8-12-16-29;1-12-8-16-15(9-14(12)19)22-13(2)18(23)21(20-17(22)10-25-16)11-24-6-7-26(3,4)5/h7-16,19-20,27,34H,17-18,21-25H2,1-6H3;8-9,13H,6-7,10-11H2,1-5H3. The molecule has 1 fully saturated rings. The van der Waals surface area contributed by atoms with Crippen LogP contribution in [0, 0.1) is 19.3 Å². The molecule has 0 radical (unpaired) electrons. The molecule has 1 saturated heterocycles. The maximum absolute atomic E-state index is 13.4. The van der Waals surface area contributed by atoms with Crippen LogP contribution >= 0.6 is 15.9 Å². The summed E-state index contributed by atoms with van der Waals surface area (Å²) in [5.41, 5.74) is 8.21. The first kappa shape index (κ1) is 51.5. The van der Waals surface area contributed by atoms with Gasteiger partial charge in [0.25, 0.3) is 11.8 Å². The highest BCUT2D eigenvalue weighted by Gasteiger charge is 2.45. The summed E-state index contributed by atoms with van der Waals surface area (Å²) in [6.07, 6.45) is 0.957. The van der Waals surface area contributed by atoms with E-state index in [2.05, 4.69) is 157 Å². The number of hydrogen-bond donors (Lipinski definition) is 0. The number of likely N-dealkylation sites (tertiary alicyclic amines) is 1. The molecule has 70 heavy (non-hydrogen) atoms. The Morgan fingerprint density at radius 2 is 1.13 bits per heavy atom. The number of carbonyl (C=O) groups is 2. The SMILES string of the molecule is Cc1cc2c(cc1Br)N1C(=NN(COCC[Si](C)(C)C)C(=O)C1C)CO2.Cc1cc2c(cc1CC1(C)CN(C(c3ccccc3)c3ccccc3)C1)N1C(=NN(COCC[Si](C)(C)C)C(=O)C1C)CO2. The van der Waals surface area contributed by atoms with Gasteiger partial charge in [0.05, 0.1) is 17.4 Å². The van der Waals surface area contributed by atoms with Gasteiger partial charge in [0.15, 0.2) is 11.7 Å². The van der Waals surface area contributed by atoms with Gasteiger partial charge in [-0.05, 0) is 104 Å². The van der Waals surface area contributed by atoms with Gasteiger partial charge in [-0.15, -0.1) is 0 Å². The Kier molecular flexibility index (Phi) is 15.5. The van der Waals surface area contributed by atoms with E-state index in [1.807, 2.05) is 37.8 Å². The number of anilines is 2. The van der Waals surface area contributed by atoms with Crippen molar-refractivity contribution < 1.29 is 28.5 Å². The van der Waals surface area contributed by atoms with Crippen molar-refractivity contribution in [2.75, 3.05) is 62.8 Å². The van der Waals surface area contributed by atoms with Gasteiger partial charge < -0.3 is 28.7 Å². The van der Waals surface area contributed by atoms with Gasteiger partial charge in [-0.1, -0.05) is 123 Å². The fourth-order valence-electron chi connectivity index (χ4n) is 9.72. The highest BCUT2D eigenvalue weighted by atomic mass is 79.9. The van der Waals surface area contributed by atoms with E-state index in [0.717, 1.165) is 76.2 Å². The normalized spacial score (nSPS) is 19.7. The van der Waals surface area contributed by atoms with Crippen LogP contribution in [0.2, 0.25) is 51.4 Å². The molecule has 0 bridgehead atoms. The number of amidine groups is 2. The van der Waals surface area contributed by atoms with Crippen LogP contribution in [0.4, 0.5) is 11.4 Å². The van der Waals surface area contributed by atoms with Crippen molar-refractivity contribution in [2.45, 2.75) is 111 Å². The van der Waals surface area contributed by atoms with Crippen molar-refractivity contribution in [3.05, 3.63) is 117 Å². The largest absolute Gasteiger partial charge is 0.483 e. The smallest absolute Gasteiger partial charge is 0.267 e. The third-order valence-electron chi connectivity index (χ3n) is 13.7. The minimum Gasteiger partial charge on any atom is -0.483 e. The predicted octanol–water partition coefficient (Wildman–Crippen LogP) is 10.5. The first-order valence-electron chi connectivity index (χ1n) is 24.7. The lowest BCUT2D eigenvalue weighted by atomic mass is 9.74. The molecule has 4 aromatic rings. The molecule has 5 heterocycles. The molecule has 0 N–H and O–H groups in total. The van der Waals surface area contributed by atoms with E-state index in [4.69, 9.17) is 24.0 Å². The summed E-state index contributed by atoms with van der Waals surface area (Å²) < 4.78 is 24.6. The van der Waals surface area contributed by atoms with E-state index in [0.29, 0.717) is 26.4 Å². The van der Waals surface area contributed by atoms with Crippen LogP contribution in [0.1, 0.15) is 54.6 Å². The van der Waals surface area contributed by atoms with Crippen LogP contribution < -0.4 is 19.3 Å². The number of halogens is 1. The van der Waals surface area contributed by atoms with Gasteiger partial charge in [-0.3, -0.25) is 14.5 Å². The number of fused-ring (bicyclic) bond motifs is 6. The predicted molar refractivity (Wildman–Crippen MR) is 290 cm³/mol. The molecular weight excluding hydrogens is 979 g/mol. The average molecular weight is 1050 g/mol. The summed E-state index contributed by atoms with van der Waals surface area (Å²) in [4.78, 5) is 32.8. The molecule has 2 unspecified atom stereocenters. The number of ether oxygens (including phenoxy) is 4. The van der Waals surface area contributed by atoms with E-state index < -0.39 is 16.1 Å². The molecule has 2 amide bonds. The summed E-state index contributed by atoms with van der Waals surface area (Å²) in [5.74, 6) is 2.97. The molecule has 374 valence electrons. The fraction of sp³-hybridized carbons (Fsp3) is 0.481. The number of aryl methyl sites for hydroxylation is 2. The molecule has 5 aliphatic rings. The van der Waals surface area contributed by atoms with Gasteiger partial charge in [0.2, 0.25) is 0 Å². The number of nitrogens with zero attached hydrogens (tertiary/aromatic N) is 7. The third kappa shape index (κ3) is 11.7. The summed E-state index contributed by atoms with van der Waals surface area (Å²) in [6, 6.07) is 31.6. The van der Waals surface area contributed by atoms with E-state index in [-0.39, 0.29) is 48.8 Å². The summed E-state index contributed by atoms with van der Waals surface area (Å²) in [7, 11) is -2.35. The Morgan fingerprint density at radius 3 is 1.59 bits per heavy atom. The zero-order chi connectivity index (χ0) is 50.1. The Bertz CT molecular complexity index is 2560. The second-order valence-electron chi connectivity index (χ2n) is 22.3. The Labute approximate surface area is 425 Å².